The summed E-state index contributed by atoms with van der Waals surface area (Å²) < 4.78 is 39.9. The standard InChI is InChI=1S/C23H23F3N4O3/c1-3-4-19-20(21(31)27-14(2)16-7-9-17(10-8-16)22(32)33)28-29-30(19)13-15-5-11-18(12-6-15)23(24,25)26/h5-12,14H,3-4,13H2,1-2H3,(H,27,31)(H,32,33)/t14-/m0/s1. The molecule has 3 aromatic rings. The quantitative estimate of drug-likeness (QED) is 0.516. The van der Waals surface area contributed by atoms with Crippen LogP contribution in [0.3, 0.4) is 0 Å². The number of alkyl halides is 3. The molecule has 3 rings (SSSR count). The first-order chi connectivity index (χ1) is 15.6. The Labute approximate surface area is 188 Å². The highest BCUT2D eigenvalue weighted by Crippen LogP contribution is 2.29. The topological polar surface area (TPSA) is 97.1 Å². The lowest BCUT2D eigenvalue weighted by Gasteiger charge is -2.14. The van der Waals surface area contributed by atoms with Crippen LogP contribution in [0.2, 0.25) is 0 Å². The zero-order valence-electron chi connectivity index (χ0n) is 18.1. The fourth-order valence-corrected chi connectivity index (χ4v) is 3.36. The van der Waals surface area contributed by atoms with E-state index in [4.69, 9.17) is 5.11 Å². The summed E-state index contributed by atoms with van der Waals surface area (Å²) in [7, 11) is 0. The van der Waals surface area contributed by atoms with Crippen molar-refractivity contribution in [2.24, 2.45) is 0 Å². The molecule has 0 fully saturated rings. The molecule has 33 heavy (non-hydrogen) atoms. The van der Waals surface area contributed by atoms with Crippen molar-refractivity contribution >= 4 is 11.9 Å². The molecule has 174 valence electrons. The van der Waals surface area contributed by atoms with Crippen LogP contribution in [0.15, 0.2) is 48.5 Å². The molecule has 0 bridgehead atoms. The highest BCUT2D eigenvalue weighted by molar-refractivity contribution is 5.93. The molecule has 1 amide bonds. The molecule has 10 heteroatoms. The smallest absolute Gasteiger partial charge is 0.416 e. The van der Waals surface area contributed by atoms with Crippen LogP contribution in [0.1, 0.15) is 69.5 Å². The third-order valence-corrected chi connectivity index (χ3v) is 5.16. The summed E-state index contributed by atoms with van der Waals surface area (Å²) in [5, 5.41) is 19.9. The van der Waals surface area contributed by atoms with E-state index in [0.29, 0.717) is 24.1 Å². The molecular formula is C23H23F3N4O3. The van der Waals surface area contributed by atoms with Gasteiger partial charge in [0.05, 0.1) is 29.4 Å². The van der Waals surface area contributed by atoms with Gasteiger partial charge in [-0.15, -0.1) is 5.10 Å². The second-order valence-electron chi connectivity index (χ2n) is 7.61. The van der Waals surface area contributed by atoms with Crippen molar-refractivity contribution in [1.29, 1.82) is 0 Å². The first-order valence-corrected chi connectivity index (χ1v) is 10.3. The van der Waals surface area contributed by atoms with Gasteiger partial charge in [-0.1, -0.05) is 42.8 Å². The number of carboxylic acids is 1. The Hall–Kier alpha value is -3.69. The van der Waals surface area contributed by atoms with Crippen LogP contribution in [0.4, 0.5) is 13.2 Å². The molecule has 0 unspecified atom stereocenters. The first-order valence-electron chi connectivity index (χ1n) is 10.3. The molecule has 0 aliphatic carbocycles. The van der Waals surface area contributed by atoms with Crippen LogP contribution < -0.4 is 5.32 Å². The number of halogens is 3. The Kier molecular flexibility index (Phi) is 7.15. The van der Waals surface area contributed by atoms with E-state index in [9.17, 15) is 22.8 Å². The van der Waals surface area contributed by atoms with Crippen molar-refractivity contribution in [3.8, 4) is 0 Å². The number of carbonyl (C=O) groups excluding carboxylic acids is 1. The molecule has 7 nitrogen and oxygen atoms in total. The molecule has 2 aromatic carbocycles. The Morgan fingerprint density at radius 3 is 2.27 bits per heavy atom. The van der Waals surface area contributed by atoms with Gasteiger partial charge in [0.15, 0.2) is 5.69 Å². The Bertz CT molecular complexity index is 1120. The van der Waals surface area contributed by atoms with Gasteiger partial charge in [-0.05, 0) is 48.7 Å². The SMILES string of the molecule is CCCc1c(C(=O)N[C@@H](C)c2ccc(C(=O)O)cc2)nnn1Cc1ccc(C(F)(F)F)cc1. The van der Waals surface area contributed by atoms with E-state index >= 15 is 0 Å². The fourth-order valence-electron chi connectivity index (χ4n) is 3.36. The van der Waals surface area contributed by atoms with E-state index < -0.39 is 29.7 Å². The van der Waals surface area contributed by atoms with E-state index in [1.54, 1.807) is 19.1 Å². The normalized spacial score (nSPS) is 12.4. The van der Waals surface area contributed by atoms with Gasteiger partial charge in [0.2, 0.25) is 0 Å². The number of rotatable bonds is 8. The molecular weight excluding hydrogens is 437 g/mol. The van der Waals surface area contributed by atoms with E-state index in [2.05, 4.69) is 15.6 Å². The molecule has 0 aliphatic rings. The average Bonchev–Trinajstić information content (AvgIpc) is 3.16. The van der Waals surface area contributed by atoms with Crippen LogP contribution in [-0.4, -0.2) is 32.0 Å². The van der Waals surface area contributed by atoms with Gasteiger partial charge >= 0.3 is 12.1 Å². The van der Waals surface area contributed by atoms with Gasteiger partial charge < -0.3 is 10.4 Å². The highest BCUT2D eigenvalue weighted by Gasteiger charge is 2.30. The third kappa shape index (κ3) is 5.76. The number of carboxylic acid groups (broad SMARTS) is 1. The summed E-state index contributed by atoms with van der Waals surface area (Å²) in [5.74, 6) is -1.47. The number of nitrogens with zero attached hydrogens (tertiary/aromatic N) is 3. The number of hydrogen-bond donors (Lipinski definition) is 2. The summed E-state index contributed by atoms with van der Waals surface area (Å²) in [4.78, 5) is 23.9. The zero-order chi connectivity index (χ0) is 24.2. The van der Waals surface area contributed by atoms with E-state index in [1.807, 2.05) is 6.92 Å². The first kappa shape index (κ1) is 24.0. The molecule has 0 saturated heterocycles. The second-order valence-corrected chi connectivity index (χ2v) is 7.61. The lowest BCUT2D eigenvalue weighted by Crippen LogP contribution is -2.28. The van der Waals surface area contributed by atoms with Crippen molar-refractivity contribution in [3.63, 3.8) is 0 Å². The van der Waals surface area contributed by atoms with Gasteiger partial charge in [0.25, 0.3) is 5.91 Å². The zero-order valence-corrected chi connectivity index (χ0v) is 18.1. The van der Waals surface area contributed by atoms with Crippen LogP contribution >= 0.6 is 0 Å². The van der Waals surface area contributed by atoms with Crippen LogP contribution in [0.25, 0.3) is 0 Å². The third-order valence-electron chi connectivity index (χ3n) is 5.16. The maximum atomic E-state index is 12.9. The minimum absolute atomic E-state index is 0.147. The van der Waals surface area contributed by atoms with Crippen molar-refractivity contribution in [3.05, 3.63) is 82.2 Å². The van der Waals surface area contributed by atoms with Crippen molar-refractivity contribution in [1.82, 2.24) is 20.3 Å². The largest absolute Gasteiger partial charge is 0.478 e. The van der Waals surface area contributed by atoms with Gasteiger partial charge in [-0.2, -0.15) is 13.2 Å². The van der Waals surface area contributed by atoms with Crippen LogP contribution in [0.5, 0.6) is 0 Å². The molecule has 0 aliphatic heterocycles. The molecule has 1 aromatic heterocycles. The number of benzene rings is 2. The summed E-state index contributed by atoms with van der Waals surface area (Å²) in [6.45, 7) is 3.88. The predicted molar refractivity (Wildman–Crippen MR) is 114 cm³/mol. The maximum Gasteiger partial charge on any atom is 0.416 e. The predicted octanol–water partition coefficient (Wildman–Crippen LogP) is 4.49. The van der Waals surface area contributed by atoms with Gasteiger partial charge in [-0.25, -0.2) is 9.48 Å². The number of amides is 1. The van der Waals surface area contributed by atoms with E-state index in [1.165, 1.54) is 28.9 Å². The van der Waals surface area contributed by atoms with Crippen LogP contribution in [-0.2, 0) is 19.1 Å². The lowest BCUT2D eigenvalue weighted by atomic mass is 10.1. The van der Waals surface area contributed by atoms with E-state index in [0.717, 1.165) is 17.7 Å². The van der Waals surface area contributed by atoms with Crippen molar-refractivity contribution in [2.75, 3.05) is 0 Å². The minimum atomic E-state index is -4.41. The fraction of sp³-hybridized carbons (Fsp3) is 0.304. The van der Waals surface area contributed by atoms with E-state index in [-0.39, 0.29) is 17.8 Å². The molecule has 1 atom stereocenters. The molecule has 0 spiro atoms. The summed E-state index contributed by atoms with van der Waals surface area (Å²) in [5.41, 5.74) is 1.48. The highest BCUT2D eigenvalue weighted by atomic mass is 19.4. The van der Waals surface area contributed by atoms with Gasteiger partial charge in [0, 0.05) is 0 Å². The lowest BCUT2D eigenvalue weighted by molar-refractivity contribution is -0.137. The molecule has 1 heterocycles. The number of aromatic nitrogens is 3. The Morgan fingerprint density at radius 2 is 1.73 bits per heavy atom. The molecule has 2 N–H and O–H groups in total. The summed E-state index contributed by atoms with van der Waals surface area (Å²) in [6, 6.07) is 10.5. The number of nitrogens with one attached hydrogen (secondary N) is 1. The molecule has 0 radical (unpaired) electrons. The summed E-state index contributed by atoms with van der Waals surface area (Å²) >= 11 is 0. The minimum Gasteiger partial charge on any atom is -0.478 e. The van der Waals surface area contributed by atoms with Crippen molar-refractivity contribution in [2.45, 2.75) is 45.5 Å². The van der Waals surface area contributed by atoms with Gasteiger partial charge in [-0.3, -0.25) is 4.79 Å². The van der Waals surface area contributed by atoms with Crippen molar-refractivity contribution < 1.29 is 27.9 Å². The maximum absolute atomic E-state index is 12.9. The Balaban J connectivity index is 1.76. The number of carbonyl (C=O) groups is 2. The summed E-state index contributed by atoms with van der Waals surface area (Å²) in [6.07, 6.45) is -3.18. The Morgan fingerprint density at radius 1 is 1.09 bits per heavy atom. The van der Waals surface area contributed by atoms with Crippen LogP contribution in [0, 0.1) is 0 Å². The average molecular weight is 460 g/mol. The monoisotopic (exact) mass is 460 g/mol. The molecule has 0 saturated carbocycles. The number of aromatic carboxylic acids is 1. The second kappa shape index (κ2) is 9.85. The number of hydrogen-bond acceptors (Lipinski definition) is 4. The van der Waals surface area contributed by atoms with Gasteiger partial charge in [0.1, 0.15) is 0 Å².